The number of piperazine rings is 1. The number of hydrogen-bond donors (Lipinski definition) is 5. The number of amides is 3. The molecule has 3 amide bonds. The molecule has 0 spiro atoms. The summed E-state index contributed by atoms with van der Waals surface area (Å²) in [7, 11) is 0. The average molecular weight is 879 g/mol. The maximum atomic E-state index is 13.6. The Morgan fingerprint density at radius 3 is 2.30 bits per heavy atom. The Morgan fingerprint density at radius 1 is 0.889 bits per heavy atom. The van der Waals surface area contributed by atoms with Crippen LogP contribution in [0.15, 0.2) is 52.5 Å². The van der Waals surface area contributed by atoms with E-state index in [1.165, 1.54) is 6.92 Å². The molecule has 3 aromatic heterocycles. The van der Waals surface area contributed by atoms with Crippen molar-refractivity contribution in [1.82, 2.24) is 40.4 Å². The van der Waals surface area contributed by atoms with Gasteiger partial charge in [-0.15, -0.1) is 0 Å². The van der Waals surface area contributed by atoms with E-state index in [4.69, 9.17) is 4.98 Å². The largest absolute Gasteiger partial charge is 0.376 e. The Bertz CT molecular complexity index is 2410. The fourth-order valence-electron chi connectivity index (χ4n) is 8.36. The van der Waals surface area contributed by atoms with Crippen molar-refractivity contribution in [2.24, 2.45) is 4.99 Å². The van der Waals surface area contributed by atoms with Crippen LogP contribution < -0.4 is 37.0 Å². The third-order valence-electron chi connectivity index (χ3n) is 11.8. The molecular formula is C45H58N12O5S. The summed E-state index contributed by atoms with van der Waals surface area (Å²) in [4.78, 5) is 86.4. The van der Waals surface area contributed by atoms with Crippen molar-refractivity contribution in [3.63, 3.8) is 0 Å². The lowest BCUT2D eigenvalue weighted by molar-refractivity contribution is -0.122. The minimum atomic E-state index is -0.283. The van der Waals surface area contributed by atoms with E-state index in [0.29, 0.717) is 70.5 Å². The van der Waals surface area contributed by atoms with Gasteiger partial charge in [-0.1, -0.05) is 31.5 Å². The van der Waals surface area contributed by atoms with Gasteiger partial charge in [-0.3, -0.25) is 38.4 Å². The minimum Gasteiger partial charge on any atom is -0.376 e. The topological polar surface area (TPSA) is 208 Å². The molecule has 334 valence electrons. The highest BCUT2D eigenvalue weighted by Gasteiger charge is 2.26. The molecule has 1 atom stereocenters. The number of pyridine rings is 2. The molecule has 7 rings (SSSR count). The van der Waals surface area contributed by atoms with Gasteiger partial charge in [0.25, 0.3) is 11.5 Å². The summed E-state index contributed by atoms with van der Waals surface area (Å²) in [6.07, 6.45) is 9.81. The van der Waals surface area contributed by atoms with E-state index in [0.717, 1.165) is 88.1 Å². The second kappa shape index (κ2) is 21.0. The van der Waals surface area contributed by atoms with E-state index in [1.807, 2.05) is 31.3 Å². The van der Waals surface area contributed by atoms with E-state index < -0.39 is 0 Å². The Kier molecular flexibility index (Phi) is 15.0. The molecule has 1 saturated carbocycles. The molecule has 5 N–H and O–H groups in total. The molecule has 17 nitrogen and oxygen atoms in total. The molecule has 1 aromatic carbocycles. The molecule has 4 aromatic rings. The Labute approximate surface area is 371 Å². The van der Waals surface area contributed by atoms with Gasteiger partial charge in [-0.05, 0) is 94.3 Å². The zero-order chi connectivity index (χ0) is 44.5. The first-order valence-corrected chi connectivity index (χ1v) is 22.8. The number of ketones is 1. The number of anilines is 4. The highest BCUT2D eigenvalue weighted by molar-refractivity contribution is 8.14. The van der Waals surface area contributed by atoms with Crippen molar-refractivity contribution in [1.29, 1.82) is 0 Å². The normalized spacial score (nSPS) is 16.8. The van der Waals surface area contributed by atoms with Crippen molar-refractivity contribution in [3.05, 3.63) is 75.3 Å². The van der Waals surface area contributed by atoms with Gasteiger partial charge < -0.3 is 31.5 Å². The number of benzene rings is 1. The van der Waals surface area contributed by atoms with E-state index >= 15 is 0 Å². The molecule has 2 aliphatic heterocycles. The van der Waals surface area contributed by atoms with Gasteiger partial charge >= 0.3 is 0 Å². The number of Topliss-reactive ketones (excluding diaryl/α,β-unsaturated/α-hetero) is 1. The fourth-order valence-corrected chi connectivity index (χ4v) is 9.19. The van der Waals surface area contributed by atoms with Gasteiger partial charge in [0.1, 0.15) is 11.5 Å². The predicted molar refractivity (Wildman–Crippen MR) is 249 cm³/mol. The van der Waals surface area contributed by atoms with Crippen LogP contribution in [0.1, 0.15) is 96.7 Å². The SMILES string of the molecule is CC(=O)c1c(C)c2cnc(Nc3ccc(N4CCN(CC(=O)NCCCCCNC(=O)CNc5ccc(C(=O)NC6=NCC(C)S6)c(C)c5)CC4)cn3)nc2n(C2CCCC2)c1=O. The first kappa shape index (κ1) is 45.2. The highest BCUT2D eigenvalue weighted by Crippen LogP contribution is 2.32. The number of thioether (sulfide) groups is 1. The Balaban J connectivity index is 0.767. The van der Waals surface area contributed by atoms with Crippen molar-refractivity contribution < 1.29 is 19.2 Å². The van der Waals surface area contributed by atoms with Gasteiger partial charge in [-0.25, -0.2) is 9.97 Å². The number of aromatic nitrogens is 4. The standard InChI is InChI=1S/C45H58N12O5S/c1-28-22-32(12-14-35(28)42(61)54-45-51-23-29(2)63-45)48-26-38(59)46-16-8-5-9-17-47-39(60)27-55-18-20-56(21-19-55)34-13-15-37(49-24-34)52-44-50-25-36-30(3)40(31(4)58)43(62)57(41(36)53-44)33-10-6-7-11-33/h12-15,22,24-25,29,33,48H,5-11,16-21,23,26-27H2,1-4H3,(H,46,59)(H,47,60)(H,51,54,61)(H,49,50,52,53). The van der Waals surface area contributed by atoms with Gasteiger partial charge in [0.2, 0.25) is 17.8 Å². The molecule has 63 heavy (non-hydrogen) atoms. The maximum absolute atomic E-state index is 13.6. The van der Waals surface area contributed by atoms with Crippen LogP contribution in [-0.2, 0) is 9.59 Å². The number of carbonyl (C=O) groups is 4. The van der Waals surface area contributed by atoms with Crippen LogP contribution in [0.2, 0.25) is 0 Å². The number of rotatable bonds is 17. The lowest BCUT2D eigenvalue weighted by Gasteiger charge is -2.35. The third kappa shape index (κ3) is 11.6. The third-order valence-corrected chi connectivity index (χ3v) is 12.8. The second-order valence-corrected chi connectivity index (χ2v) is 18.0. The summed E-state index contributed by atoms with van der Waals surface area (Å²) in [5.41, 5.74) is 4.18. The molecule has 0 radical (unpaired) electrons. The Hall–Kier alpha value is -5.88. The number of aliphatic imine (C=N–C) groups is 1. The number of nitrogens with zero attached hydrogens (tertiary/aromatic N) is 7. The van der Waals surface area contributed by atoms with Gasteiger partial charge in [0.05, 0.1) is 37.1 Å². The van der Waals surface area contributed by atoms with Crippen LogP contribution in [0.5, 0.6) is 0 Å². The summed E-state index contributed by atoms with van der Waals surface area (Å²) in [6, 6.07) is 9.28. The van der Waals surface area contributed by atoms with Crippen molar-refractivity contribution in [2.45, 2.75) is 83.9 Å². The van der Waals surface area contributed by atoms with Crippen LogP contribution >= 0.6 is 11.8 Å². The number of carbonyl (C=O) groups excluding carboxylic acids is 4. The first-order valence-electron chi connectivity index (χ1n) is 22.0. The maximum Gasteiger partial charge on any atom is 0.263 e. The lowest BCUT2D eigenvalue weighted by atomic mass is 10.0. The van der Waals surface area contributed by atoms with Crippen LogP contribution in [0.25, 0.3) is 11.0 Å². The van der Waals surface area contributed by atoms with Gasteiger partial charge in [-0.2, -0.15) is 4.98 Å². The quantitative estimate of drug-likeness (QED) is 0.0720. The van der Waals surface area contributed by atoms with Crippen LogP contribution in [0.4, 0.5) is 23.1 Å². The smallest absolute Gasteiger partial charge is 0.263 e. The van der Waals surface area contributed by atoms with Crippen molar-refractivity contribution >= 4 is 74.6 Å². The number of hydrogen-bond acceptors (Lipinski definition) is 14. The van der Waals surface area contributed by atoms with Crippen LogP contribution in [0, 0.1) is 13.8 Å². The fraction of sp³-hybridized carbons (Fsp3) is 0.489. The lowest BCUT2D eigenvalue weighted by Crippen LogP contribution is -2.49. The highest BCUT2D eigenvalue weighted by atomic mass is 32.2. The summed E-state index contributed by atoms with van der Waals surface area (Å²) < 4.78 is 1.70. The summed E-state index contributed by atoms with van der Waals surface area (Å²) in [5, 5.41) is 16.9. The van der Waals surface area contributed by atoms with Crippen molar-refractivity contribution in [2.75, 3.05) is 74.4 Å². The Morgan fingerprint density at radius 2 is 1.63 bits per heavy atom. The molecule has 0 bridgehead atoms. The molecule has 2 fully saturated rings. The molecule has 5 heterocycles. The molecule has 1 saturated heterocycles. The summed E-state index contributed by atoms with van der Waals surface area (Å²) in [5.74, 6) is 0.353. The van der Waals surface area contributed by atoms with Crippen LogP contribution in [-0.4, -0.2) is 117 Å². The zero-order valence-corrected chi connectivity index (χ0v) is 37.4. The second-order valence-electron chi connectivity index (χ2n) is 16.6. The van der Waals surface area contributed by atoms with Crippen LogP contribution in [0.3, 0.4) is 0 Å². The summed E-state index contributed by atoms with van der Waals surface area (Å²) >= 11 is 1.56. The minimum absolute atomic E-state index is 0.000199. The summed E-state index contributed by atoms with van der Waals surface area (Å²) in [6.45, 7) is 12.5. The van der Waals surface area contributed by atoms with E-state index in [1.54, 1.807) is 41.6 Å². The first-order chi connectivity index (χ1) is 30.4. The van der Waals surface area contributed by atoms with E-state index in [2.05, 4.69) is 58.3 Å². The van der Waals surface area contributed by atoms with E-state index in [-0.39, 0.29) is 47.2 Å². The number of amidine groups is 1. The number of aryl methyl sites for hydroxylation is 2. The molecule has 18 heteroatoms. The molecule has 1 aliphatic carbocycles. The van der Waals surface area contributed by atoms with Gasteiger partial charge in [0, 0.05) is 73.4 Å². The van der Waals surface area contributed by atoms with Crippen molar-refractivity contribution in [3.8, 4) is 0 Å². The molecule has 3 aliphatic rings. The average Bonchev–Trinajstić information content (AvgIpc) is 3.95. The predicted octanol–water partition coefficient (Wildman–Crippen LogP) is 4.72. The number of nitrogens with one attached hydrogen (secondary N) is 5. The number of unbranched alkanes of at least 4 members (excludes halogenated alkanes) is 2. The van der Waals surface area contributed by atoms with Gasteiger partial charge in [0.15, 0.2) is 11.0 Å². The molecule has 1 unspecified atom stereocenters. The zero-order valence-electron chi connectivity index (χ0n) is 36.6. The monoisotopic (exact) mass is 878 g/mol. The molecular weight excluding hydrogens is 821 g/mol. The number of fused-ring (bicyclic) bond motifs is 1. The van der Waals surface area contributed by atoms with E-state index in [9.17, 15) is 24.0 Å².